The Labute approximate surface area is 145 Å². The topological polar surface area (TPSA) is 98.1 Å². The van der Waals surface area contributed by atoms with E-state index in [0.29, 0.717) is 11.0 Å². The first-order valence-corrected chi connectivity index (χ1v) is 9.28. The van der Waals surface area contributed by atoms with Crippen molar-refractivity contribution in [2.75, 3.05) is 20.6 Å². The van der Waals surface area contributed by atoms with E-state index in [1.165, 1.54) is 12.1 Å². The third-order valence-corrected chi connectivity index (χ3v) is 5.49. The molecule has 0 bridgehead atoms. The lowest BCUT2D eigenvalue weighted by molar-refractivity contribution is 0.299. The van der Waals surface area contributed by atoms with Gasteiger partial charge in [0, 0.05) is 12.6 Å². The summed E-state index contributed by atoms with van der Waals surface area (Å²) in [5, 5.41) is 0. The van der Waals surface area contributed by atoms with Gasteiger partial charge in [-0.25, -0.2) is 17.9 Å². The first-order chi connectivity index (χ1) is 11.9. The van der Waals surface area contributed by atoms with Gasteiger partial charge in [-0.15, -0.1) is 0 Å². The van der Waals surface area contributed by atoms with Gasteiger partial charge in [-0.1, -0.05) is 30.3 Å². The van der Waals surface area contributed by atoms with Crippen LogP contribution in [0.5, 0.6) is 0 Å². The van der Waals surface area contributed by atoms with E-state index in [0.717, 1.165) is 5.56 Å². The van der Waals surface area contributed by atoms with Crippen molar-refractivity contribution >= 4 is 21.1 Å². The van der Waals surface area contributed by atoms with E-state index in [1.54, 1.807) is 6.07 Å². The van der Waals surface area contributed by atoms with Crippen molar-refractivity contribution in [3.63, 3.8) is 0 Å². The fourth-order valence-electron chi connectivity index (χ4n) is 2.72. The van der Waals surface area contributed by atoms with E-state index in [4.69, 9.17) is 0 Å². The second-order valence-electron chi connectivity index (χ2n) is 6.03. The minimum Gasteiger partial charge on any atom is -0.306 e. The second kappa shape index (κ2) is 6.83. The van der Waals surface area contributed by atoms with Crippen molar-refractivity contribution in [3.05, 3.63) is 64.6 Å². The van der Waals surface area contributed by atoms with Crippen molar-refractivity contribution in [3.8, 4) is 0 Å². The molecule has 0 saturated carbocycles. The number of sulfonamides is 1. The van der Waals surface area contributed by atoms with Crippen LogP contribution >= 0.6 is 0 Å². The second-order valence-corrected chi connectivity index (χ2v) is 7.80. The molecule has 0 amide bonds. The minimum absolute atomic E-state index is 0.0910. The zero-order chi connectivity index (χ0) is 18.0. The van der Waals surface area contributed by atoms with Gasteiger partial charge in [0.2, 0.25) is 10.0 Å². The fraction of sp³-hybridized carbons (Fsp3) is 0.235. The normalized spacial score (nSPS) is 13.4. The molecule has 0 saturated heterocycles. The van der Waals surface area contributed by atoms with E-state index in [2.05, 4.69) is 14.7 Å². The molecule has 0 fully saturated rings. The largest absolute Gasteiger partial charge is 0.323 e. The molecule has 25 heavy (non-hydrogen) atoms. The lowest BCUT2D eigenvalue weighted by Crippen LogP contribution is -2.34. The molecule has 0 spiro atoms. The van der Waals surface area contributed by atoms with Crippen LogP contribution in [0.1, 0.15) is 11.6 Å². The minimum atomic E-state index is -3.69. The van der Waals surface area contributed by atoms with Gasteiger partial charge in [-0.3, -0.25) is 0 Å². The predicted molar refractivity (Wildman–Crippen MR) is 97.0 cm³/mol. The molecule has 8 heteroatoms. The first-order valence-electron chi connectivity index (χ1n) is 7.80. The molecular weight excluding hydrogens is 340 g/mol. The molecule has 0 radical (unpaired) electrons. The number of H-pyrrole nitrogens is 2. The van der Waals surface area contributed by atoms with Crippen LogP contribution in [0.4, 0.5) is 0 Å². The van der Waals surface area contributed by atoms with Crippen LogP contribution in [-0.4, -0.2) is 43.9 Å². The molecule has 3 N–H and O–H groups in total. The smallest absolute Gasteiger partial charge is 0.306 e. The highest BCUT2D eigenvalue weighted by Crippen LogP contribution is 2.19. The summed E-state index contributed by atoms with van der Waals surface area (Å²) < 4.78 is 27.9. The van der Waals surface area contributed by atoms with Gasteiger partial charge in [0.05, 0.1) is 15.9 Å². The fourth-order valence-corrected chi connectivity index (χ4v) is 3.79. The average Bonchev–Trinajstić information content (AvgIpc) is 2.94. The van der Waals surface area contributed by atoms with Crippen molar-refractivity contribution in [1.29, 1.82) is 0 Å². The van der Waals surface area contributed by atoms with Crippen LogP contribution in [0, 0.1) is 0 Å². The summed E-state index contributed by atoms with van der Waals surface area (Å²) in [6.07, 6.45) is 0. The third-order valence-electron chi connectivity index (χ3n) is 4.07. The molecule has 2 aromatic carbocycles. The van der Waals surface area contributed by atoms with Gasteiger partial charge in [0.1, 0.15) is 0 Å². The number of likely N-dealkylation sites (N-methyl/N-ethyl adjacent to an activating group) is 1. The molecule has 3 aromatic rings. The monoisotopic (exact) mass is 360 g/mol. The molecule has 1 atom stereocenters. The number of aromatic nitrogens is 2. The highest BCUT2D eigenvalue weighted by atomic mass is 32.2. The van der Waals surface area contributed by atoms with Crippen LogP contribution in [0.15, 0.2) is 58.2 Å². The van der Waals surface area contributed by atoms with Gasteiger partial charge in [0.25, 0.3) is 0 Å². The molecule has 1 unspecified atom stereocenters. The maximum absolute atomic E-state index is 12.6. The Morgan fingerprint density at radius 2 is 1.72 bits per heavy atom. The molecule has 132 valence electrons. The zero-order valence-corrected chi connectivity index (χ0v) is 14.8. The Kier molecular flexibility index (Phi) is 4.76. The van der Waals surface area contributed by atoms with E-state index in [9.17, 15) is 13.2 Å². The summed E-state index contributed by atoms with van der Waals surface area (Å²) >= 11 is 0. The number of nitrogens with one attached hydrogen (secondary N) is 3. The molecule has 0 aliphatic heterocycles. The summed E-state index contributed by atoms with van der Waals surface area (Å²) in [4.78, 5) is 18.5. The van der Waals surface area contributed by atoms with Crippen LogP contribution < -0.4 is 10.4 Å². The summed E-state index contributed by atoms with van der Waals surface area (Å²) in [5.74, 6) is 0. The number of imidazole rings is 1. The SMILES string of the molecule is CN(C)C(CNS(=O)(=O)c1ccc2[nH]c(=O)[nH]c2c1)c1ccccc1. The van der Waals surface area contributed by atoms with Gasteiger partial charge >= 0.3 is 5.69 Å². The van der Waals surface area contributed by atoms with E-state index in [1.807, 2.05) is 49.3 Å². The van der Waals surface area contributed by atoms with Gasteiger partial charge in [-0.05, 0) is 37.9 Å². The lowest BCUT2D eigenvalue weighted by Gasteiger charge is -2.25. The summed E-state index contributed by atoms with van der Waals surface area (Å²) in [6, 6.07) is 14.1. The standard InChI is InChI=1S/C17H20N4O3S/c1-21(2)16(12-6-4-3-5-7-12)11-18-25(23,24)13-8-9-14-15(10-13)20-17(22)19-14/h3-10,16,18H,11H2,1-2H3,(H2,19,20,22). The Balaban J connectivity index is 1.83. The summed E-state index contributed by atoms with van der Waals surface area (Å²) in [7, 11) is 0.119. The molecule has 1 aromatic heterocycles. The van der Waals surface area contributed by atoms with Gasteiger partial charge < -0.3 is 14.9 Å². The quantitative estimate of drug-likeness (QED) is 0.619. The van der Waals surface area contributed by atoms with Crippen molar-refractivity contribution in [2.24, 2.45) is 0 Å². The number of nitrogens with zero attached hydrogens (tertiary/aromatic N) is 1. The summed E-state index contributed by atoms with van der Waals surface area (Å²) in [5.41, 5.74) is 1.69. The average molecular weight is 360 g/mol. The maximum atomic E-state index is 12.6. The number of hydrogen-bond donors (Lipinski definition) is 3. The van der Waals surface area contributed by atoms with Gasteiger partial charge in [0.15, 0.2) is 0 Å². The number of hydrogen-bond acceptors (Lipinski definition) is 4. The van der Waals surface area contributed by atoms with Crippen molar-refractivity contribution < 1.29 is 8.42 Å². The molecule has 0 aliphatic carbocycles. The molecule has 3 rings (SSSR count). The Morgan fingerprint density at radius 3 is 2.40 bits per heavy atom. The van der Waals surface area contributed by atoms with Gasteiger partial charge in [-0.2, -0.15) is 0 Å². The summed E-state index contributed by atoms with van der Waals surface area (Å²) in [6.45, 7) is 0.237. The predicted octanol–water partition coefficient (Wildman–Crippen LogP) is 1.44. The van der Waals surface area contributed by atoms with Crippen LogP contribution in [0.25, 0.3) is 11.0 Å². The molecular formula is C17H20N4O3S. The van der Waals surface area contributed by atoms with Crippen LogP contribution in [0.3, 0.4) is 0 Å². The Bertz CT molecular complexity index is 1020. The molecule has 7 nitrogen and oxygen atoms in total. The Morgan fingerprint density at radius 1 is 1.04 bits per heavy atom. The van der Waals surface area contributed by atoms with Crippen LogP contribution in [0.2, 0.25) is 0 Å². The lowest BCUT2D eigenvalue weighted by atomic mass is 10.1. The maximum Gasteiger partial charge on any atom is 0.323 e. The first kappa shape index (κ1) is 17.4. The Hall–Kier alpha value is -2.42. The number of fused-ring (bicyclic) bond motifs is 1. The number of benzene rings is 2. The highest BCUT2D eigenvalue weighted by molar-refractivity contribution is 7.89. The molecule has 0 aliphatic rings. The van der Waals surface area contributed by atoms with E-state index >= 15 is 0 Å². The van der Waals surface area contributed by atoms with E-state index < -0.39 is 10.0 Å². The van der Waals surface area contributed by atoms with Crippen molar-refractivity contribution in [1.82, 2.24) is 19.6 Å². The number of rotatable bonds is 6. The van der Waals surface area contributed by atoms with Crippen LogP contribution in [-0.2, 0) is 10.0 Å². The number of aromatic amines is 2. The highest BCUT2D eigenvalue weighted by Gasteiger charge is 2.20. The third kappa shape index (κ3) is 3.81. The van der Waals surface area contributed by atoms with E-state index in [-0.39, 0.29) is 23.2 Å². The zero-order valence-electron chi connectivity index (χ0n) is 14.0. The molecule has 1 heterocycles. The van der Waals surface area contributed by atoms with Crippen molar-refractivity contribution in [2.45, 2.75) is 10.9 Å².